The van der Waals surface area contributed by atoms with Crippen molar-refractivity contribution in [2.45, 2.75) is 19.8 Å². The van der Waals surface area contributed by atoms with Crippen LogP contribution in [-0.2, 0) is 0 Å². The van der Waals surface area contributed by atoms with Crippen molar-refractivity contribution in [2.75, 3.05) is 26.1 Å². The van der Waals surface area contributed by atoms with Gasteiger partial charge in [-0.05, 0) is 18.6 Å². The highest BCUT2D eigenvalue weighted by Crippen LogP contribution is 2.40. The molecule has 1 N–H and O–H groups in total. The first-order valence-corrected chi connectivity index (χ1v) is 10.1. The average molecular weight is 446 g/mol. The smallest absolute Gasteiger partial charge is 0.163 e. The lowest BCUT2D eigenvalue weighted by atomic mass is 10.1. The maximum Gasteiger partial charge on any atom is 0.163 e. The highest BCUT2D eigenvalue weighted by molar-refractivity contribution is 6.37. The zero-order valence-corrected chi connectivity index (χ0v) is 18.4. The van der Waals surface area contributed by atoms with Gasteiger partial charge in [0, 0.05) is 23.7 Å². The number of methoxy groups -OCH3 is 2. The fraction of sp³-hybridized carbons (Fsp3) is 0.273. The van der Waals surface area contributed by atoms with Crippen LogP contribution in [-0.4, -0.2) is 25.8 Å². The molecule has 0 unspecified atom stereocenters. The maximum atomic E-state index is 9.63. The molecule has 8 heteroatoms. The fourth-order valence-electron chi connectivity index (χ4n) is 2.93. The minimum atomic E-state index is 0.356. The molecule has 1 aromatic heterocycles. The van der Waals surface area contributed by atoms with Crippen molar-refractivity contribution in [1.82, 2.24) is 4.98 Å². The Morgan fingerprint density at radius 3 is 2.47 bits per heavy atom. The standard InChI is InChI=1S/C22H21Cl2N3O3/c1-4-5-6-30-21-9-17-14(7-20(21)29-3)22(13(11-25)12-26-17)27-18-10-19(28-2)16(24)8-15(18)23/h7-10,12H,4-6H2,1-3H3,(H,26,27). The molecule has 6 nitrogen and oxygen atoms in total. The lowest BCUT2D eigenvalue weighted by Crippen LogP contribution is -2.01. The zero-order valence-electron chi connectivity index (χ0n) is 16.9. The van der Waals surface area contributed by atoms with Crippen LogP contribution in [0.25, 0.3) is 10.9 Å². The molecule has 0 fully saturated rings. The van der Waals surface area contributed by atoms with Crippen LogP contribution < -0.4 is 19.5 Å². The van der Waals surface area contributed by atoms with Crippen molar-refractivity contribution in [1.29, 1.82) is 5.26 Å². The Morgan fingerprint density at radius 1 is 1.03 bits per heavy atom. The number of nitrogens with zero attached hydrogens (tertiary/aromatic N) is 2. The Kier molecular flexibility index (Phi) is 7.09. The van der Waals surface area contributed by atoms with Crippen molar-refractivity contribution >= 4 is 45.5 Å². The van der Waals surface area contributed by atoms with E-state index in [0.717, 1.165) is 12.8 Å². The molecule has 0 bridgehead atoms. The quantitative estimate of drug-likeness (QED) is 0.406. The van der Waals surface area contributed by atoms with Gasteiger partial charge >= 0.3 is 0 Å². The minimum Gasteiger partial charge on any atom is -0.495 e. The van der Waals surface area contributed by atoms with E-state index in [0.29, 0.717) is 61.7 Å². The third-order valence-electron chi connectivity index (χ3n) is 4.53. The summed E-state index contributed by atoms with van der Waals surface area (Å²) in [6.45, 7) is 2.68. The minimum absolute atomic E-state index is 0.356. The summed E-state index contributed by atoms with van der Waals surface area (Å²) in [7, 11) is 3.09. The number of fused-ring (bicyclic) bond motifs is 1. The number of ether oxygens (including phenoxy) is 3. The second kappa shape index (κ2) is 9.75. The van der Waals surface area contributed by atoms with Crippen LogP contribution in [0.4, 0.5) is 11.4 Å². The predicted molar refractivity (Wildman–Crippen MR) is 120 cm³/mol. The topological polar surface area (TPSA) is 76.4 Å². The number of anilines is 2. The molecule has 3 rings (SSSR count). The number of hydrogen-bond donors (Lipinski definition) is 1. The van der Waals surface area contributed by atoms with Gasteiger partial charge in [-0.3, -0.25) is 4.98 Å². The van der Waals surface area contributed by atoms with Gasteiger partial charge in [-0.15, -0.1) is 0 Å². The van der Waals surface area contributed by atoms with Crippen LogP contribution in [0.2, 0.25) is 10.0 Å². The normalized spacial score (nSPS) is 10.5. The highest BCUT2D eigenvalue weighted by Gasteiger charge is 2.16. The molecule has 0 atom stereocenters. The van der Waals surface area contributed by atoms with Crippen molar-refractivity contribution < 1.29 is 14.2 Å². The number of hydrogen-bond acceptors (Lipinski definition) is 6. The van der Waals surface area contributed by atoms with Crippen LogP contribution in [0.3, 0.4) is 0 Å². The summed E-state index contributed by atoms with van der Waals surface area (Å²) < 4.78 is 16.6. The first-order chi connectivity index (χ1) is 14.5. The van der Waals surface area contributed by atoms with Gasteiger partial charge < -0.3 is 19.5 Å². The molecule has 0 aliphatic carbocycles. The number of nitrogens with one attached hydrogen (secondary N) is 1. The molecule has 0 saturated heterocycles. The van der Waals surface area contributed by atoms with Crippen molar-refractivity contribution in [3.05, 3.63) is 46.1 Å². The third kappa shape index (κ3) is 4.48. The summed E-state index contributed by atoms with van der Waals surface area (Å²) in [6.07, 6.45) is 3.47. The van der Waals surface area contributed by atoms with E-state index in [1.807, 2.05) is 0 Å². The predicted octanol–water partition coefficient (Wildman–Crippen LogP) is 6.35. The number of unbranched alkanes of at least 4 members (excludes halogenated alkanes) is 1. The molecular formula is C22H21Cl2N3O3. The highest BCUT2D eigenvalue weighted by atomic mass is 35.5. The van der Waals surface area contributed by atoms with Crippen LogP contribution in [0.15, 0.2) is 30.5 Å². The summed E-state index contributed by atoms with van der Waals surface area (Å²) in [5, 5.41) is 14.3. The first-order valence-electron chi connectivity index (χ1n) is 9.36. The summed E-state index contributed by atoms with van der Waals surface area (Å²) in [5.41, 5.74) is 2.10. The zero-order chi connectivity index (χ0) is 21.7. The molecule has 156 valence electrons. The van der Waals surface area contributed by atoms with E-state index in [1.165, 1.54) is 13.3 Å². The molecule has 2 aromatic carbocycles. The fourth-order valence-corrected chi connectivity index (χ4v) is 3.44. The van der Waals surface area contributed by atoms with E-state index in [1.54, 1.807) is 31.4 Å². The molecular weight excluding hydrogens is 425 g/mol. The van der Waals surface area contributed by atoms with Gasteiger partial charge in [0.2, 0.25) is 0 Å². The van der Waals surface area contributed by atoms with Crippen molar-refractivity contribution in [3.8, 4) is 23.3 Å². The van der Waals surface area contributed by atoms with E-state index in [4.69, 9.17) is 37.4 Å². The Balaban J connectivity index is 2.12. The van der Waals surface area contributed by atoms with Crippen LogP contribution in [0, 0.1) is 11.3 Å². The summed E-state index contributed by atoms with van der Waals surface area (Å²) in [5.74, 6) is 1.62. The van der Waals surface area contributed by atoms with E-state index in [2.05, 4.69) is 23.3 Å². The van der Waals surface area contributed by atoms with Gasteiger partial charge in [-0.2, -0.15) is 5.26 Å². The largest absolute Gasteiger partial charge is 0.495 e. The van der Waals surface area contributed by atoms with E-state index >= 15 is 0 Å². The number of nitriles is 1. The molecule has 0 amide bonds. The Hall–Kier alpha value is -2.88. The number of pyridine rings is 1. The Bertz CT molecular complexity index is 1110. The Morgan fingerprint density at radius 2 is 1.80 bits per heavy atom. The second-order valence-electron chi connectivity index (χ2n) is 6.47. The molecule has 0 radical (unpaired) electrons. The second-order valence-corrected chi connectivity index (χ2v) is 7.29. The van der Waals surface area contributed by atoms with Gasteiger partial charge in [0.15, 0.2) is 11.5 Å². The molecule has 0 spiro atoms. The lowest BCUT2D eigenvalue weighted by Gasteiger charge is -2.16. The number of halogens is 2. The molecule has 1 heterocycles. The average Bonchev–Trinajstić information content (AvgIpc) is 2.75. The van der Waals surface area contributed by atoms with Crippen LogP contribution in [0.1, 0.15) is 25.3 Å². The lowest BCUT2D eigenvalue weighted by molar-refractivity contribution is 0.289. The monoisotopic (exact) mass is 445 g/mol. The summed E-state index contributed by atoms with van der Waals surface area (Å²) >= 11 is 12.5. The number of rotatable bonds is 8. The van der Waals surface area contributed by atoms with Gasteiger partial charge in [-0.25, -0.2) is 0 Å². The van der Waals surface area contributed by atoms with Gasteiger partial charge in [0.1, 0.15) is 11.8 Å². The maximum absolute atomic E-state index is 9.63. The first kappa shape index (κ1) is 21.8. The van der Waals surface area contributed by atoms with Gasteiger partial charge in [0.25, 0.3) is 0 Å². The molecule has 30 heavy (non-hydrogen) atoms. The van der Waals surface area contributed by atoms with E-state index < -0.39 is 0 Å². The van der Waals surface area contributed by atoms with E-state index in [-0.39, 0.29) is 0 Å². The number of aromatic nitrogens is 1. The SMILES string of the molecule is CCCCOc1cc2ncc(C#N)c(Nc3cc(OC)c(Cl)cc3Cl)c2cc1OC. The summed E-state index contributed by atoms with van der Waals surface area (Å²) in [6, 6.07) is 9.03. The summed E-state index contributed by atoms with van der Waals surface area (Å²) in [4.78, 5) is 4.41. The van der Waals surface area contributed by atoms with E-state index in [9.17, 15) is 5.26 Å². The van der Waals surface area contributed by atoms with Crippen LogP contribution in [0.5, 0.6) is 17.2 Å². The van der Waals surface area contributed by atoms with Gasteiger partial charge in [-0.1, -0.05) is 36.5 Å². The van der Waals surface area contributed by atoms with Gasteiger partial charge in [0.05, 0.1) is 53.3 Å². The Labute approximate surface area is 185 Å². The van der Waals surface area contributed by atoms with Crippen LogP contribution >= 0.6 is 23.2 Å². The van der Waals surface area contributed by atoms with Crippen molar-refractivity contribution in [2.24, 2.45) is 0 Å². The number of benzene rings is 2. The molecule has 0 aliphatic heterocycles. The molecule has 0 saturated carbocycles. The molecule has 0 aliphatic rings. The third-order valence-corrected chi connectivity index (χ3v) is 5.14. The van der Waals surface area contributed by atoms with Crippen molar-refractivity contribution in [3.63, 3.8) is 0 Å². The molecule has 3 aromatic rings.